The molecule has 31 heavy (non-hydrogen) atoms. The van der Waals surface area contributed by atoms with E-state index in [1.165, 1.54) is 4.90 Å². The Labute approximate surface area is 183 Å². The first kappa shape index (κ1) is 22.5. The summed E-state index contributed by atoms with van der Waals surface area (Å²) >= 11 is 0. The van der Waals surface area contributed by atoms with Gasteiger partial charge in [-0.2, -0.15) is 5.10 Å². The molecule has 0 spiro atoms. The summed E-state index contributed by atoms with van der Waals surface area (Å²) in [5, 5.41) is 10.4. The molecule has 3 rings (SSSR count). The number of carbonyl (C=O) groups is 3. The topological polar surface area (TPSA) is 96.3 Å². The van der Waals surface area contributed by atoms with Crippen LogP contribution in [-0.4, -0.2) is 34.0 Å². The zero-order chi connectivity index (χ0) is 23.0. The molecule has 1 aromatic carbocycles. The molecule has 166 valence electrons. The fourth-order valence-corrected chi connectivity index (χ4v) is 3.36. The largest absolute Gasteiger partial charge is 0.323 e. The quantitative estimate of drug-likeness (QED) is 0.782. The number of amides is 3. The van der Waals surface area contributed by atoms with Gasteiger partial charge in [0, 0.05) is 24.3 Å². The van der Waals surface area contributed by atoms with Crippen molar-refractivity contribution in [2.24, 2.45) is 0 Å². The summed E-state index contributed by atoms with van der Waals surface area (Å²) in [5.74, 6) is -0.177. The Kier molecular flexibility index (Phi) is 5.93. The number of aromatic nitrogens is 2. The molecular weight excluding hydrogens is 394 g/mol. The van der Waals surface area contributed by atoms with Crippen LogP contribution in [0.15, 0.2) is 30.3 Å². The third-order valence-electron chi connectivity index (χ3n) is 5.02. The molecule has 8 nitrogen and oxygen atoms in total. The van der Waals surface area contributed by atoms with Gasteiger partial charge in [0.15, 0.2) is 0 Å². The van der Waals surface area contributed by atoms with Gasteiger partial charge in [0.1, 0.15) is 12.4 Å². The van der Waals surface area contributed by atoms with Crippen molar-refractivity contribution in [1.29, 1.82) is 0 Å². The molecule has 0 fully saturated rings. The second-order valence-corrected chi connectivity index (χ2v) is 9.84. The number of anilines is 3. The first-order valence-electron chi connectivity index (χ1n) is 10.5. The van der Waals surface area contributed by atoms with Crippen molar-refractivity contribution >= 4 is 34.9 Å². The molecule has 0 aliphatic carbocycles. The van der Waals surface area contributed by atoms with Gasteiger partial charge < -0.3 is 15.5 Å². The molecule has 0 radical (unpaired) electrons. The summed E-state index contributed by atoms with van der Waals surface area (Å²) in [4.78, 5) is 38.8. The van der Waals surface area contributed by atoms with E-state index in [-0.39, 0.29) is 48.1 Å². The molecule has 0 saturated carbocycles. The molecule has 8 heteroatoms. The van der Waals surface area contributed by atoms with Crippen LogP contribution in [0.3, 0.4) is 0 Å². The molecule has 0 bridgehead atoms. The highest BCUT2D eigenvalue weighted by Gasteiger charge is 2.28. The molecular formula is C23H31N5O3. The number of fused-ring (bicyclic) bond motifs is 1. The number of nitrogens with one attached hydrogen (secondary N) is 2. The van der Waals surface area contributed by atoms with Gasteiger partial charge in [-0.3, -0.25) is 14.4 Å². The molecule has 0 atom stereocenters. The molecule has 2 aromatic rings. The maximum Gasteiger partial charge on any atom is 0.244 e. The van der Waals surface area contributed by atoms with E-state index < -0.39 is 0 Å². The Morgan fingerprint density at radius 1 is 1.10 bits per heavy atom. The minimum Gasteiger partial charge on any atom is -0.323 e. The highest BCUT2D eigenvalue weighted by atomic mass is 16.2. The van der Waals surface area contributed by atoms with Gasteiger partial charge in [-0.25, -0.2) is 4.68 Å². The van der Waals surface area contributed by atoms with Crippen molar-refractivity contribution in [1.82, 2.24) is 9.78 Å². The molecule has 1 aromatic heterocycles. The van der Waals surface area contributed by atoms with Crippen LogP contribution in [0, 0.1) is 0 Å². The third kappa shape index (κ3) is 5.13. The number of hydrogen-bond acceptors (Lipinski definition) is 4. The Bertz CT molecular complexity index is 1010. The van der Waals surface area contributed by atoms with Gasteiger partial charge in [0.2, 0.25) is 17.7 Å². The zero-order valence-corrected chi connectivity index (χ0v) is 19.1. The maximum atomic E-state index is 12.8. The standard InChI is InChI=1S/C23H31N5O3/c1-22(2,3)17-13-18(28(26-17)23(4,5)6)25-19(29)11-12-21(31)27-14-20(30)24-15-9-7-8-10-16(15)27/h7-10,13H,11-12,14H2,1-6H3,(H,24,30)(H,25,29). The van der Waals surface area contributed by atoms with Crippen LogP contribution in [0.4, 0.5) is 17.2 Å². The SMILES string of the molecule is CC(C)(C)c1cc(NC(=O)CCC(=O)N2CC(=O)Nc3ccccc32)n(C(C)(C)C)n1. The van der Waals surface area contributed by atoms with Gasteiger partial charge in [-0.05, 0) is 32.9 Å². The molecule has 2 N–H and O–H groups in total. The van der Waals surface area contributed by atoms with Gasteiger partial charge in [-0.1, -0.05) is 32.9 Å². The van der Waals surface area contributed by atoms with E-state index in [1.807, 2.05) is 32.9 Å². The fraction of sp³-hybridized carbons (Fsp3) is 0.478. The molecule has 3 amide bonds. The van der Waals surface area contributed by atoms with Crippen LogP contribution in [0.2, 0.25) is 0 Å². The monoisotopic (exact) mass is 425 g/mol. The minimum atomic E-state index is -0.313. The average molecular weight is 426 g/mol. The van der Waals surface area contributed by atoms with E-state index in [0.717, 1.165) is 5.69 Å². The summed E-state index contributed by atoms with van der Waals surface area (Å²) in [6.07, 6.45) is 0.0164. The molecule has 2 heterocycles. The van der Waals surface area contributed by atoms with Crippen LogP contribution in [0.1, 0.15) is 60.1 Å². The highest BCUT2D eigenvalue weighted by Crippen LogP contribution is 2.30. The fourth-order valence-electron chi connectivity index (χ4n) is 3.36. The van der Waals surface area contributed by atoms with Crippen LogP contribution in [0.25, 0.3) is 0 Å². The predicted molar refractivity (Wildman–Crippen MR) is 121 cm³/mol. The second kappa shape index (κ2) is 8.17. The lowest BCUT2D eigenvalue weighted by molar-refractivity contribution is -0.124. The van der Waals surface area contributed by atoms with Crippen LogP contribution < -0.4 is 15.5 Å². The highest BCUT2D eigenvalue weighted by molar-refractivity contribution is 6.10. The Morgan fingerprint density at radius 2 is 1.77 bits per heavy atom. The number of nitrogens with zero attached hydrogens (tertiary/aromatic N) is 3. The van der Waals surface area contributed by atoms with Crippen molar-refractivity contribution in [2.45, 2.75) is 65.3 Å². The van der Waals surface area contributed by atoms with E-state index in [4.69, 9.17) is 5.10 Å². The van der Waals surface area contributed by atoms with Crippen molar-refractivity contribution in [3.8, 4) is 0 Å². The normalized spacial score (nSPS) is 14.1. The summed E-state index contributed by atoms with van der Waals surface area (Å²) < 4.78 is 1.80. The van der Waals surface area contributed by atoms with Gasteiger partial charge in [-0.15, -0.1) is 0 Å². The van der Waals surface area contributed by atoms with Gasteiger partial charge >= 0.3 is 0 Å². The number of hydrogen-bond donors (Lipinski definition) is 2. The smallest absolute Gasteiger partial charge is 0.244 e. The lowest BCUT2D eigenvalue weighted by Crippen LogP contribution is -2.42. The lowest BCUT2D eigenvalue weighted by atomic mass is 9.92. The summed E-state index contributed by atoms with van der Waals surface area (Å²) in [6.45, 7) is 12.2. The third-order valence-corrected chi connectivity index (χ3v) is 5.02. The molecule has 1 aliphatic rings. The molecule has 1 aliphatic heterocycles. The van der Waals surface area contributed by atoms with E-state index in [0.29, 0.717) is 17.2 Å². The first-order valence-corrected chi connectivity index (χ1v) is 10.5. The summed E-state index contributed by atoms with van der Waals surface area (Å²) in [7, 11) is 0. The van der Waals surface area contributed by atoms with E-state index >= 15 is 0 Å². The number of para-hydroxylation sites is 2. The Morgan fingerprint density at radius 3 is 2.42 bits per heavy atom. The summed E-state index contributed by atoms with van der Waals surface area (Å²) in [6, 6.07) is 9.02. The predicted octanol–water partition coefficient (Wildman–Crippen LogP) is 3.64. The minimum absolute atomic E-state index is 0.00320. The number of benzene rings is 1. The summed E-state index contributed by atoms with van der Waals surface area (Å²) in [5.41, 5.74) is 1.65. The van der Waals surface area contributed by atoms with E-state index in [1.54, 1.807) is 22.9 Å². The Balaban J connectivity index is 1.69. The Hall–Kier alpha value is -3.16. The second-order valence-electron chi connectivity index (χ2n) is 9.84. The van der Waals surface area contributed by atoms with E-state index in [9.17, 15) is 14.4 Å². The van der Waals surface area contributed by atoms with Crippen LogP contribution >= 0.6 is 0 Å². The van der Waals surface area contributed by atoms with Crippen LogP contribution in [0.5, 0.6) is 0 Å². The van der Waals surface area contributed by atoms with Crippen molar-refractivity contribution in [2.75, 3.05) is 22.1 Å². The zero-order valence-electron chi connectivity index (χ0n) is 19.1. The van der Waals surface area contributed by atoms with Crippen molar-refractivity contribution in [3.05, 3.63) is 36.0 Å². The average Bonchev–Trinajstić information content (AvgIpc) is 3.10. The molecule has 0 saturated heterocycles. The number of rotatable bonds is 4. The van der Waals surface area contributed by atoms with E-state index in [2.05, 4.69) is 31.4 Å². The van der Waals surface area contributed by atoms with Gasteiger partial charge in [0.25, 0.3) is 0 Å². The number of carbonyl (C=O) groups excluding carboxylic acids is 3. The van der Waals surface area contributed by atoms with Crippen molar-refractivity contribution in [3.63, 3.8) is 0 Å². The van der Waals surface area contributed by atoms with Gasteiger partial charge in [0.05, 0.1) is 22.6 Å². The first-order chi connectivity index (χ1) is 14.4. The maximum absolute atomic E-state index is 12.8. The van der Waals surface area contributed by atoms with Crippen LogP contribution in [-0.2, 0) is 25.3 Å². The van der Waals surface area contributed by atoms with Crippen molar-refractivity contribution < 1.29 is 14.4 Å². The lowest BCUT2D eigenvalue weighted by Gasteiger charge is -2.29. The molecule has 0 unspecified atom stereocenters.